The summed E-state index contributed by atoms with van der Waals surface area (Å²) in [5.74, 6) is -5.41. The van der Waals surface area contributed by atoms with Crippen LogP contribution in [0.2, 0.25) is 0 Å². The zero-order chi connectivity index (χ0) is 10.0. The first kappa shape index (κ1) is 9.57. The highest BCUT2D eigenvalue weighted by atomic mass is 19.2. The number of hydrogen-bond donors (Lipinski definition) is 1. The Bertz CT molecular complexity index is 349. The van der Waals surface area contributed by atoms with Gasteiger partial charge in [-0.1, -0.05) is 0 Å². The van der Waals surface area contributed by atoms with Crippen LogP contribution in [0.1, 0.15) is 5.56 Å². The number of halogens is 3. The summed E-state index contributed by atoms with van der Waals surface area (Å²) in [5.41, 5.74) is -0.788. The average molecular weight is 189 g/mol. The maximum Gasteiger partial charge on any atom is 0.308 e. The van der Waals surface area contributed by atoms with Crippen molar-refractivity contribution in [3.8, 4) is 0 Å². The molecule has 0 aliphatic carbocycles. The molecule has 0 aromatic heterocycles. The molecule has 1 N–H and O–H groups in total. The smallest absolute Gasteiger partial charge is 0.308 e. The Hall–Kier alpha value is -1.52. The van der Waals surface area contributed by atoms with Crippen LogP contribution >= 0.6 is 0 Å². The predicted octanol–water partition coefficient (Wildman–Crippen LogP) is 1.53. The van der Waals surface area contributed by atoms with Gasteiger partial charge < -0.3 is 5.11 Å². The van der Waals surface area contributed by atoms with Crippen molar-refractivity contribution in [1.82, 2.24) is 0 Å². The summed E-state index contributed by atoms with van der Waals surface area (Å²) in [6, 6.07) is 2.24. The standard InChI is InChI=1S/C8H4F3O2/c9-5-1-2-6(10)8(11)4(5)3-7(12)13/h1H,3H2,(H,12,13). The quantitative estimate of drug-likeness (QED) is 0.716. The highest BCUT2D eigenvalue weighted by molar-refractivity contribution is 5.70. The number of rotatable bonds is 2. The highest BCUT2D eigenvalue weighted by Crippen LogP contribution is 2.15. The summed E-state index contributed by atoms with van der Waals surface area (Å²) in [4.78, 5) is 10.1. The van der Waals surface area contributed by atoms with Crippen LogP contribution in [-0.2, 0) is 11.2 Å². The van der Waals surface area contributed by atoms with Crippen molar-refractivity contribution in [3.05, 3.63) is 35.1 Å². The minimum Gasteiger partial charge on any atom is -0.481 e. The van der Waals surface area contributed by atoms with Gasteiger partial charge in [-0.3, -0.25) is 4.79 Å². The van der Waals surface area contributed by atoms with Crippen molar-refractivity contribution in [2.75, 3.05) is 0 Å². The van der Waals surface area contributed by atoms with Crippen LogP contribution in [0.15, 0.2) is 6.07 Å². The van der Waals surface area contributed by atoms with Gasteiger partial charge in [-0.05, 0) is 6.07 Å². The third-order valence-electron chi connectivity index (χ3n) is 1.40. The Kier molecular flexibility index (Phi) is 2.55. The Morgan fingerprint density at radius 1 is 1.46 bits per heavy atom. The molecule has 1 radical (unpaired) electrons. The molecule has 0 aliphatic rings. The van der Waals surface area contributed by atoms with Crippen molar-refractivity contribution in [2.45, 2.75) is 6.42 Å². The lowest BCUT2D eigenvalue weighted by Crippen LogP contribution is -2.06. The molecule has 0 fully saturated rings. The van der Waals surface area contributed by atoms with Crippen LogP contribution in [0.5, 0.6) is 0 Å². The number of carboxylic acids is 1. The van der Waals surface area contributed by atoms with Crippen LogP contribution in [0, 0.1) is 23.5 Å². The molecule has 2 nitrogen and oxygen atoms in total. The second-order valence-electron chi connectivity index (χ2n) is 2.31. The molecule has 0 unspecified atom stereocenters. The highest BCUT2D eigenvalue weighted by Gasteiger charge is 2.16. The predicted molar refractivity (Wildman–Crippen MR) is 36.5 cm³/mol. The molecule has 0 spiro atoms. The van der Waals surface area contributed by atoms with Gasteiger partial charge in [0.05, 0.1) is 6.42 Å². The van der Waals surface area contributed by atoms with Gasteiger partial charge in [0.25, 0.3) is 0 Å². The van der Waals surface area contributed by atoms with Gasteiger partial charge in [0.1, 0.15) is 5.82 Å². The molecule has 69 valence electrons. The Morgan fingerprint density at radius 2 is 2.08 bits per heavy atom. The van der Waals surface area contributed by atoms with Gasteiger partial charge in [-0.25, -0.2) is 13.2 Å². The van der Waals surface area contributed by atoms with Crippen molar-refractivity contribution < 1.29 is 23.1 Å². The van der Waals surface area contributed by atoms with E-state index >= 15 is 0 Å². The molecule has 13 heavy (non-hydrogen) atoms. The molecule has 0 saturated carbocycles. The minimum atomic E-state index is -1.50. The van der Waals surface area contributed by atoms with E-state index in [4.69, 9.17) is 5.11 Å². The molecule has 0 amide bonds. The van der Waals surface area contributed by atoms with E-state index in [-0.39, 0.29) is 0 Å². The molecule has 1 aromatic carbocycles. The largest absolute Gasteiger partial charge is 0.481 e. The maximum absolute atomic E-state index is 12.7. The van der Waals surface area contributed by atoms with Crippen molar-refractivity contribution in [2.24, 2.45) is 0 Å². The molecule has 0 saturated heterocycles. The first-order chi connectivity index (χ1) is 6.02. The van der Waals surface area contributed by atoms with Gasteiger partial charge in [-0.15, -0.1) is 0 Å². The van der Waals surface area contributed by atoms with E-state index in [9.17, 15) is 18.0 Å². The van der Waals surface area contributed by atoms with Crippen LogP contribution in [0.4, 0.5) is 13.2 Å². The van der Waals surface area contributed by atoms with E-state index in [1.807, 2.05) is 0 Å². The van der Waals surface area contributed by atoms with E-state index in [1.165, 1.54) is 0 Å². The SMILES string of the molecule is O=C(O)Cc1c(F)c[c]c(F)c1F. The van der Waals surface area contributed by atoms with Crippen LogP contribution in [0.25, 0.3) is 0 Å². The van der Waals surface area contributed by atoms with Gasteiger partial charge in [0, 0.05) is 11.6 Å². The second kappa shape index (κ2) is 3.47. The monoisotopic (exact) mass is 189 g/mol. The van der Waals surface area contributed by atoms with E-state index in [0.717, 1.165) is 0 Å². The van der Waals surface area contributed by atoms with E-state index in [2.05, 4.69) is 0 Å². The fourth-order valence-corrected chi connectivity index (χ4v) is 0.828. The normalized spacial score (nSPS) is 10.1. The Morgan fingerprint density at radius 3 is 2.62 bits per heavy atom. The fourth-order valence-electron chi connectivity index (χ4n) is 0.828. The first-order valence-corrected chi connectivity index (χ1v) is 3.28. The van der Waals surface area contributed by atoms with E-state index in [1.54, 1.807) is 6.07 Å². The topological polar surface area (TPSA) is 37.3 Å². The lowest BCUT2D eigenvalue weighted by atomic mass is 10.1. The first-order valence-electron chi connectivity index (χ1n) is 3.28. The molecule has 0 atom stereocenters. The summed E-state index contributed by atoms with van der Waals surface area (Å²) in [6.45, 7) is 0. The summed E-state index contributed by atoms with van der Waals surface area (Å²) in [6.07, 6.45) is -0.886. The van der Waals surface area contributed by atoms with Gasteiger partial charge in [0.2, 0.25) is 0 Å². The third-order valence-corrected chi connectivity index (χ3v) is 1.40. The lowest BCUT2D eigenvalue weighted by Gasteiger charge is -2.01. The number of hydrogen-bond acceptors (Lipinski definition) is 1. The van der Waals surface area contributed by atoms with E-state index < -0.39 is 35.4 Å². The summed E-state index contributed by atoms with van der Waals surface area (Å²) >= 11 is 0. The third kappa shape index (κ3) is 1.99. The van der Waals surface area contributed by atoms with Crippen molar-refractivity contribution >= 4 is 5.97 Å². The maximum atomic E-state index is 12.7. The minimum absolute atomic E-state index is 0.566. The summed E-state index contributed by atoms with van der Waals surface area (Å²) in [5, 5.41) is 8.24. The second-order valence-corrected chi connectivity index (χ2v) is 2.31. The van der Waals surface area contributed by atoms with Crippen molar-refractivity contribution in [3.63, 3.8) is 0 Å². The lowest BCUT2D eigenvalue weighted by molar-refractivity contribution is -0.136. The summed E-state index contributed by atoms with van der Waals surface area (Å²) in [7, 11) is 0. The Labute approximate surface area is 71.6 Å². The molecule has 0 aliphatic heterocycles. The number of carbonyl (C=O) groups is 1. The van der Waals surface area contributed by atoms with Crippen LogP contribution < -0.4 is 0 Å². The summed E-state index contributed by atoms with van der Waals surface area (Å²) < 4.78 is 37.8. The van der Waals surface area contributed by atoms with Gasteiger partial charge in [0.15, 0.2) is 11.6 Å². The number of benzene rings is 1. The number of carboxylic acid groups (broad SMARTS) is 1. The molecule has 0 bridgehead atoms. The average Bonchev–Trinajstić information content (AvgIpc) is 2.05. The van der Waals surface area contributed by atoms with Crippen LogP contribution in [-0.4, -0.2) is 11.1 Å². The van der Waals surface area contributed by atoms with Crippen LogP contribution in [0.3, 0.4) is 0 Å². The zero-order valence-corrected chi connectivity index (χ0v) is 6.27. The molecule has 0 heterocycles. The molecule has 1 rings (SSSR count). The zero-order valence-electron chi connectivity index (χ0n) is 6.27. The molecular formula is C8H4F3O2. The molecular weight excluding hydrogens is 185 g/mol. The van der Waals surface area contributed by atoms with E-state index in [0.29, 0.717) is 6.07 Å². The Balaban J connectivity index is 3.17. The fraction of sp³-hybridized carbons (Fsp3) is 0.125. The van der Waals surface area contributed by atoms with Gasteiger partial charge >= 0.3 is 5.97 Å². The molecule has 1 aromatic rings. The van der Waals surface area contributed by atoms with Crippen molar-refractivity contribution in [1.29, 1.82) is 0 Å². The van der Waals surface area contributed by atoms with Gasteiger partial charge in [-0.2, -0.15) is 0 Å². The number of aliphatic carboxylic acids is 1. The molecule has 5 heteroatoms.